The predicted octanol–water partition coefficient (Wildman–Crippen LogP) is 2.73. The number of aryl methyl sites for hydroxylation is 1. The Bertz CT molecular complexity index is 234. The van der Waals surface area contributed by atoms with E-state index >= 15 is 0 Å². The Morgan fingerprint density at radius 1 is 1.14 bits per heavy atom. The van der Waals surface area contributed by atoms with Crippen LogP contribution in [0.15, 0.2) is 24.3 Å². The monoisotopic (exact) mass is 196 g/mol. The van der Waals surface area contributed by atoms with E-state index in [1.807, 2.05) is 18.2 Å². The maximum absolute atomic E-state index is 9.34. The molecule has 0 heterocycles. The van der Waals surface area contributed by atoms with Gasteiger partial charge in [-0.05, 0) is 31.4 Å². The predicted molar refractivity (Wildman–Crippen MR) is 59.5 cm³/mol. The minimum atomic E-state index is 0.250. The van der Waals surface area contributed by atoms with Crippen molar-refractivity contribution in [3.63, 3.8) is 0 Å². The summed E-state index contributed by atoms with van der Waals surface area (Å²) in [4.78, 5) is 0. The number of rotatable bonds is 3. The topological polar surface area (TPSA) is 40.5 Å². The third-order valence-corrected chi connectivity index (χ3v) is 1.79. The molecule has 0 aliphatic carbocycles. The summed E-state index contributed by atoms with van der Waals surface area (Å²) in [5.41, 5.74) is 1.06. The van der Waals surface area contributed by atoms with Gasteiger partial charge in [-0.15, -0.1) is 0 Å². The summed E-state index contributed by atoms with van der Waals surface area (Å²) in [5, 5.41) is 16.9. The molecule has 80 valence electrons. The molecule has 0 radical (unpaired) electrons. The zero-order valence-electron chi connectivity index (χ0n) is 9.03. The zero-order valence-corrected chi connectivity index (χ0v) is 9.03. The fourth-order valence-corrected chi connectivity index (χ4v) is 1.09. The van der Waals surface area contributed by atoms with Crippen molar-refractivity contribution in [1.29, 1.82) is 0 Å². The number of para-hydroxylation sites is 1. The van der Waals surface area contributed by atoms with E-state index in [2.05, 4.69) is 6.92 Å². The first-order valence-corrected chi connectivity index (χ1v) is 5.13. The van der Waals surface area contributed by atoms with Crippen LogP contribution in [-0.2, 0) is 6.42 Å². The number of unbranched alkanes of at least 4 members (excludes halogenated alkanes) is 1. The van der Waals surface area contributed by atoms with Crippen molar-refractivity contribution in [2.75, 3.05) is 6.61 Å². The van der Waals surface area contributed by atoms with Gasteiger partial charge in [-0.1, -0.05) is 31.5 Å². The first kappa shape index (κ1) is 13.0. The lowest BCUT2D eigenvalue weighted by atomic mass is 10.1. The van der Waals surface area contributed by atoms with Gasteiger partial charge in [0.2, 0.25) is 0 Å². The van der Waals surface area contributed by atoms with Crippen LogP contribution >= 0.6 is 0 Å². The molecule has 0 atom stereocenters. The van der Waals surface area contributed by atoms with E-state index < -0.39 is 0 Å². The molecule has 2 N–H and O–H groups in total. The molecule has 0 saturated carbocycles. The lowest BCUT2D eigenvalue weighted by molar-refractivity contribution is 0.318. The second kappa shape index (κ2) is 8.57. The summed E-state index contributed by atoms with van der Waals surface area (Å²) in [6, 6.07) is 7.53. The highest BCUT2D eigenvalue weighted by molar-refractivity contribution is 5.31. The Morgan fingerprint density at radius 2 is 1.71 bits per heavy atom. The van der Waals surface area contributed by atoms with E-state index in [-0.39, 0.29) is 6.61 Å². The highest BCUT2D eigenvalue weighted by atomic mass is 16.3. The fourth-order valence-electron chi connectivity index (χ4n) is 1.09. The summed E-state index contributed by atoms with van der Waals surface area (Å²) in [6.07, 6.45) is 3.31. The van der Waals surface area contributed by atoms with Gasteiger partial charge in [0.25, 0.3) is 0 Å². The average Bonchev–Trinajstić information content (AvgIpc) is 2.18. The Labute approximate surface area is 86.2 Å². The van der Waals surface area contributed by atoms with Gasteiger partial charge < -0.3 is 10.2 Å². The highest BCUT2D eigenvalue weighted by Gasteiger charge is 1.96. The quantitative estimate of drug-likeness (QED) is 0.780. The standard InChI is InChI=1S/C10H14O.C2H6O/c1-2-3-6-9-7-4-5-8-10(9)11;1-2-3/h4-5,7-8,11H,2-3,6H2,1H3;3H,2H2,1H3. The number of aromatic hydroxyl groups is 1. The van der Waals surface area contributed by atoms with Gasteiger partial charge in [-0.3, -0.25) is 0 Å². The van der Waals surface area contributed by atoms with E-state index in [1.165, 1.54) is 6.42 Å². The zero-order chi connectivity index (χ0) is 10.8. The van der Waals surface area contributed by atoms with Gasteiger partial charge in [0.1, 0.15) is 5.75 Å². The number of aliphatic hydroxyl groups is 1. The second-order valence-electron chi connectivity index (χ2n) is 3.05. The van der Waals surface area contributed by atoms with E-state index in [0.29, 0.717) is 5.75 Å². The van der Waals surface area contributed by atoms with Crippen LogP contribution in [0.4, 0.5) is 0 Å². The van der Waals surface area contributed by atoms with Crippen molar-refractivity contribution in [3.8, 4) is 5.75 Å². The van der Waals surface area contributed by atoms with Crippen molar-refractivity contribution in [3.05, 3.63) is 29.8 Å². The molecule has 2 nitrogen and oxygen atoms in total. The molecule has 0 fully saturated rings. The number of benzene rings is 1. The number of phenols is 1. The minimum Gasteiger partial charge on any atom is -0.508 e. The third kappa shape index (κ3) is 5.60. The van der Waals surface area contributed by atoms with Gasteiger partial charge >= 0.3 is 0 Å². The van der Waals surface area contributed by atoms with E-state index in [4.69, 9.17) is 5.11 Å². The van der Waals surface area contributed by atoms with Gasteiger partial charge in [0, 0.05) is 6.61 Å². The summed E-state index contributed by atoms with van der Waals surface area (Å²) in [7, 11) is 0. The molecule has 0 spiro atoms. The molecule has 14 heavy (non-hydrogen) atoms. The molecular weight excluding hydrogens is 176 g/mol. The number of phenolic OH excluding ortho intramolecular Hbond substituents is 1. The molecule has 1 rings (SSSR count). The normalized spacial score (nSPS) is 9.07. The number of aliphatic hydroxyl groups excluding tert-OH is 1. The molecule has 0 amide bonds. The van der Waals surface area contributed by atoms with Crippen LogP contribution in [0.25, 0.3) is 0 Å². The minimum absolute atomic E-state index is 0.250. The maximum Gasteiger partial charge on any atom is 0.118 e. The molecule has 1 aromatic rings. The van der Waals surface area contributed by atoms with Gasteiger partial charge in [0.15, 0.2) is 0 Å². The Hall–Kier alpha value is -1.02. The second-order valence-corrected chi connectivity index (χ2v) is 3.05. The summed E-state index contributed by atoms with van der Waals surface area (Å²) >= 11 is 0. The van der Waals surface area contributed by atoms with Crippen LogP contribution in [0, 0.1) is 0 Å². The Balaban J connectivity index is 0.000000500. The number of hydrogen-bond acceptors (Lipinski definition) is 2. The van der Waals surface area contributed by atoms with Crippen molar-refractivity contribution in [1.82, 2.24) is 0 Å². The van der Waals surface area contributed by atoms with Crippen LogP contribution in [0.3, 0.4) is 0 Å². The lowest BCUT2D eigenvalue weighted by Crippen LogP contribution is -1.83. The summed E-state index contributed by atoms with van der Waals surface area (Å²) in [5.74, 6) is 0.431. The van der Waals surface area contributed by atoms with Gasteiger partial charge in [-0.25, -0.2) is 0 Å². The van der Waals surface area contributed by atoms with Crippen molar-refractivity contribution in [2.45, 2.75) is 33.1 Å². The highest BCUT2D eigenvalue weighted by Crippen LogP contribution is 2.17. The number of hydrogen-bond donors (Lipinski definition) is 2. The van der Waals surface area contributed by atoms with Crippen molar-refractivity contribution >= 4 is 0 Å². The molecule has 0 unspecified atom stereocenters. The van der Waals surface area contributed by atoms with Crippen LogP contribution in [0.2, 0.25) is 0 Å². The van der Waals surface area contributed by atoms with E-state index in [9.17, 15) is 5.11 Å². The SMILES string of the molecule is CCCCc1ccccc1O.CCO. The molecule has 0 saturated heterocycles. The molecule has 0 bridgehead atoms. The van der Waals surface area contributed by atoms with Crippen LogP contribution in [0.5, 0.6) is 5.75 Å². The first-order chi connectivity index (χ1) is 6.76. The summed E-state index contributed by atoms with van der Waals surface area (Å²) < 4.78 is 0. The first-order valence-electron chi connectivity index (χ1n) is 5.13. The molecule has 0 aliphatic rings. The third-order valence-electron chi connectivity index (χ3n) is 1.79. The Morgan fingerprint density at radius 3 is 2.21 bits per heavy atom. The molecule has 2 heteroatoms. The Kier molecular flexibility index (Phi) is 7.95. The molecular formula is C12H20O2. The lowest BCUT2D eigenvalue weighted by Gasteiger charge is -2.01. The largest absolute Gasteiger partial charge is 0.508 e. The molecule has 1 aromatic carbocycles. The van der Waals surface area contributed by atoms with Crippen LogP contribution < -0.4 is 0 Å². The van der Waals surface area contributed by atoms with Crippen LogP contribution in [0.1, 0.15) is 32.3 Å². The smallest absolute Gasteiger partial charge is 0.118 e. The van der Waals surface area contributed by atoms with Crippen molar-refractivity contribution < 1.29 is 10.2 Å². The van der Waals surface area contributed by atoms with E-state index in [0.717, 1.165) is 18.4 Å². The fraction of sp³-hybridized carbons (Fsp3) is 0.500. The van der Waals surface area contributed by atoms with Gasteiger partial charge in [-0.2, -0.15) is 0 Å². The van der Waals surface area contributed by atoms with E-state index in [1.54, 1.807) is 13.0 Å². The maximum atomic E-state index is 9.34. The van der Waals surface area contributed by atoms with Gasteiger partial charge in [0.05, 0.1) is 0 Å². The van der Waals surface area contributed by atoms with Crippen molar-refractivity contribution in [2.24, 2.45) is 0 Å². The summed E-state index contributed by atoms with van der Waals surface area (Å²) in [6.45, 7) is 4.08. The average molecular weight is 196 g/mol. The molecule has 0 aliphatic heterocycles. The molecule has 0 aromatic heterocycles. The van der Waals surface area contributed by atoms with Crippen LogP contribution in [-0.4, -0.2) is 16.8 Å².